The number of hydrogen-bond acceptors (Lipinski definition) is 4. The summed E-state index contributed by atoms with van der Waals surface area (Å²) < 4.78 is 0. The van der Waals surface area contributed by atoms with E-state index in [4.69, 9.17) is 4.98 Å². The van der Waals surface area contributed by atoms with Gasteiger partial charge in [0, 0.05) is 40.2 Å². The lowest BCUT2D eigenvalue weighted by atomic mass is 10.1. The van der Waals surface area contributed by atoms with Crippen LogP contribution in [0.1, 0.15) is 21.5 Å². The second-order valence-corrected chi connectivity index (χ2v) is 7.55. The van der Waals surface area contributed by atoms with Gasteiger partial charge in [0.1, 0.15) is 5.01 Å². The molecule has 0 bridgehead atoms. The van der Waals surface area contributed by atoms with E-state index in [9.17, 15) is 4.79 Å². The molecule has 0 fully saturated rings. The summed E-state index contributed by atoms with van der Waals surface area (Å²) in [7, 11) is 0. The average Bonchev–Trinajstić information content (AvgIpc) is 3.18. The summed E-state index contributed by atoms with van der Waals surface area (Å²) in [6.45, 7) is 3.99. The summed E-state index contributed by atoms with van der Waals surface area (Å²) in [5.41, 5.74) is 6.40. The van der Waals surface area contributed by atoms with Gasteiger partial charge >= 0.3 is 0 Å². The number of rotatable bonds is 4. The maximum atomic E-state index is 12.6. The zero-order chi connectivity index (χ0) is 19.5. The van der Waals surface area contributed by atoms with E-state index in [1.807, 2.05) is 74.0 Å². The van der Waals surface area contributed by atoms with E-state index in [2.05, 4.69) is 16.4 Å². The van der Waals surface area contributed by atoms with Gasteiger partial charge in [-0.1, -0.05) is 29.3 Å². The summed E-state index contributed by atoms with van der Waals surface area (Å²) >= 11 is 1.58. The van der Waals surface area contributed by atoms with Crippen LogP contribution in [0.5, 0.6) is 0 Å². The fourth-order valence-electron chi connectivity index (χ4n) is 3.09. The Morgan fingerprint density at radius 3 is 2.50 bits per heavy atom. The van der Waals surface area contributed by atoms with Crippen molar-refractivity contribution in [3.63, 3.8) is 0 Å². The van der Waals surface area contributed by atoms with Crippen molar-refractivity contribution in [1.29, 1.82) is 0 Å². The predicted octanol–water partition coefficient (Wildman–Crippen LogP) is 5.74. The molecular formula is C23H19N3OS. The van der Waals surface area contributed by atoms with Gasteiger partial charge in [-0.2, -0.15) is 0 Å². The van der Waals surface area contributed by atoms with Crippen molar-refractivity contribution in [2.75, 3.05) is 5.32 Å². The number of aryl methyl sites for hydroxylation is 2. The van der Waals surface area contributed by atoms with E-state index in [-0.39, 0.29) is 5.91 Å². The normalized spacial score (nSPS) is 10.6. The number of anilines is 1. The molecule has 0 aliphatic carbocycles. The lowest BCUT2D eigenvalue weighted by molar-refractivity contribution is 0.102. The minimum Gasteiger partial charge on any atom is -0.322 e. The number of benzene rings is 2. The van der Waals surface area contributed by atoms with E-state index in [0.29, 0.717) is 5.56 Å². The third-order valence-corrected chi connectivity index (χ3v) is 5.20. The molecule has 4 nitrogen and oxygen atoms in total. The Hall–Kier alpha value is -3.31. The van der Waals surface area contributed by atoms with E-state index < -0.39 is 0 Å². The van der Waals surface area contributed by atoms with Crippen LogP contribution in [-0.4, -0.2) is 15.9 Å². The monoisotopic (exact) mass is 385 g/mol. The number of nitrogens with one attached hydrogen (secondary N) is 1. The van der Waals surface area contributed by atoms with Gasteiger partial charge in [-0.3, -0.25) is 9.78 Å². The van der Waals surface area contributed by atoms with Gasteiger partial charge in [0.2, 0.25) is 0 Å². The zero-order valence-corrected chi connectivity index (χ0v) is 16.5. The second-order valence-electron chi connectivity index (χ2n) is 6.69. The van der Waals surface area contributed by atoms with E-state index in [1.165, 1.54) is 0 Å². The Kier molecular flexibility index (Phi) is 5.00. The molecular weight excluding hydrogens is 366 g/mol. The first kappa shape index (κ1) is 18.1. The Morgan fingerprint density at radius 2 is 1.75 bits per heavy atom. The van der Waals surface area contributed by atoms with Crippen LogP contribution in [0.25, 0.3) is 21.8 Å². The van der Waals surface area contributed by atoms with Gasteiger partial charge in [0.25, 0.3) is 5.91 Å². The topological polar surface area (TPSA) is 54.9 Å². The van der Waals surface area contributed by atoms with Crippen LogP contribution in [0.2, 0.25) is 0 Å². The van der Waals surface area contributed by atoms with Crippen molar-refractivity contribution >= 4 is 22.9 Å². The SMILES string of the molecule is Cc1cc(C)cc(C(=O)Nc2cccc(-c3csc(-c4cccnc4)n3)c2)c1. The minimum atomic E-state index is -0.113. The molecule has 0 aliphatic rings. The summed E-state index contributed by atoms with van der Waals surface area (Å²) in [5.74, 6) is -0.113. The number of thiazole rings is 1. The minimum absolute atomic E-state index is 0.113. The molecule has 2 heterocycles. The molecule has 1 amide bonds. The first-order chi connectivity index (χ1) is 13.6. The molecule has 5 heteroatoms. The van der Waals surface area contributed by atoms with Gasteiger partial charge in [0.05, 0.1) is 5.69 Å². The number of carbonyl (C=O) groups excluding carboxylic acids is 1. The van der Waals surface area contributed by atoms with Gasteiger partial charge in [-0.25, -0.2) is 4.98 Å². The number of hydrogen-bond donors (Lipinski definition) is 1. The summed E-state index contributed by atoms with van der Waals surface area (Å²) in [6, 6.07) is 17.5. The molecule has 0 saturated carbocycles. The highest BCUT2D eigenvalue weighted by molar-refractivity contribution is 7.13. The summed E-state index contributed by atoms with van der Waals surface area (Å²) in [6.07, 6.45) is 3.56. The number of carbonyl (C=O) groups is 1. The average molecular weight is 385 g/mol. The van der Waals surface area contributed by atoms with Crippen molar-refractivity contribution in [1.82, 2.24) is 9.97 Å². The van der Waals surface area contributed by atoms with Crippen LogP contribution in [0, 0.1) is 13.8 Å². The number of nitrogens with zero attached hydrogens (tertiary/aromatic N) is 2. The molecule has 0 spiro atoms. The first-order valence-corrected chi connectivity index (χ1v) is 9.82. The third kappa shape index (κ3) is 4.00. The Bertz CT molecular complexity index is 1120. The summed E-state index contributed by atoms with van der Waals surface area (Å²) in [5, 5.41) is 5.93. The lowest BCUT2D eigenvalue weighted by Gasteiger charge is -2.08. The molecule has 0 aliphatic heterocycles. The molecule has 1 N–H and O–H groups in total. The smallest absolute Gasteiger partial charge is 0.255 e. The maximum absolute atomic E-state index is 12.6. The lowest BCUT2D eigenvalue weighted by Crippen LogP contribution is -2.12. The molecule has 4 aromatic rings. The van der Waals surface area contributed by atoms with Gasteiger partial charge in [-0.15, -0.1) is 11.3 Å². The van der Waals surface area contributed by atoms with Crippen LogP contribution in [-0.2, 0) is 0 Å². The van der Waals surface area contributed by atoms with Crippen LogP contribution >= 0.6 is 11.3 Å². The van der Waals surface area contributed by atoms with Crippen molar-refractivity contribution < 1.29 is 4.79 Å². The highest BCUT2D eigenvalue weighted by atomic mass is 32.1. The van der Waals surface area contributed by atoms with Gasteiger partial charge in [-0.05, 0) is 50.2 Å². The fraction of sp³-hybridized carbons (Fsp3) is 0.0870. The highest BCUT2D eigenvalue weighted by Crippen LogP contribution is 2.29. The van der Waals surface area contributed by atoms with Gasteiger partial charge < -0.3 is 5.32 Å². The van der Waals surface area contributed by atoms with Crippen LogP contribution in [0.15, 0.2) is 72.4 Å². The Morgan fingerprint density at radius 1 is 0.964 bits per heavy atom. The molecule has 138 valence electrons. The first-order valence-electron chi connectivity index (χ1n) is 8.94. The third-order valence-electron chi connectivity index (χ3n) is 4.31. The molecule has 0 radical (unpaired) electrons. The van der Waals surface area contributed by atoms with Crippen LogP contribution < -0.4 is 5.32 Å². The largest absolute Gasteiger partial charge is 0.322 e. The fourth-order valence-corrected chi connectivity index (χ4v) is 3.91. The molecule has 2 aromatic carbocycles. The van der Waals surface area contributed by atoms with Crippen molar-refractivity contribution in [2.45, 2.75) is 13.8 Å². The van der Waals surface area contributed by atoms with Crippen LogP contribution in [0.4, 0.5) is 5.69 Å². The molecule has 0 unspecified atom stereocenters. The predicted molar refractivity (Wildman–Crippen MR) is 115 cm³/mol. The van der Waals surface area contributed by atoms with E-state index in [0.717, 1.165) is 38.6 Å². The Labute approximate surface area is 167 Å². The van der Waals surface area contributed by atoms with Crippen molar-refractivity contribution in [3.05, 3.63) is 89.1 Å². The quantitative estimate of drug-likeness (QED) is 0.487. The maximum Gasteiger partial charge on any atom is 0.255 e. The van der Waals surface area contributed by atoms with E-state index in [1.54, 1.807) is 17.5 Å². The highest BCUT2D eigenvalue weighted by Gasteiger charge is 2.10. The number of pyridine rings is 1. The number of amides is 1. The number of aromatic nitrogens is 2. The van der Waals surface area contributed by atoms with Crippen LogP contribution in [0.3, 0.4) is 0 Å². The molecule has 0 saturated heterocycles. The molecule has 4 rings (SSSR count). The van der Waals surface area contributed by atoms with Crippen molar-refractivity contribution in [2.24, 2.45) is 0 Å². The van der Waals surface area contributed by atoms with E-state index >= 15 is 0 Å². The molecule has 28 heavy (non-hydrogen) atoms. The summed E-state index contributed by atoms with van der Waals surface area (Å²) in [4.78, 5) is 21.5. The Balaban J connectivity index is 1.57. The molecule has 2 aromatic heterocycles. The van der Waals surface area contributed by atoms with Crippen molar-refractivity contribution in [3.8, 4) is 21.8 Å². The van der Waals surface area contributed by atoms with Gasteiger partial charge in [0.15, 0.2) is 0 Å². The zero-order valence-electron chi connectivity index (χ0n) is 15.6. The second kappa shape index (κ2) is 7.74. The standard InChI is InChI=1S/C23H19N3OS/c1-15-9-16(2)11-19(10-15)22(27)25-20-7-3-5-17(12-20)21-14-28-23(26-21)18-6-4-8-24-13-18/h3-14H,1-2H3,(H,25,27). The molecule has 0 atom stereocenters.